The number of esters is 1. The van der Waals surface area contributed by atoms with E-state index < -0.39 is 5.97 Å². The second-order valence-corrected chi connectivity index (χ2v) is 4.64. The Hall–Kier alpha value is -2.14. The summed E-state index contributed by atoms with van der Waals surface area (Å²) in [4.78, 5) is 12.0. The molecule has 2 heterocycles. The van der Waals surface area contributed by atoms with Crippen molar-refractivity contribution < 1.29 is 14.1 Å². The SMILES string of the molecule is CCOC(=O)c1noc2c1C(c1ccccc1)NCC2. The van der Waals surface area contributed by atoms with E-state index in [1.807, 2.05) is 30.3 Å². The highest BCUT2D eigenvalue weighted by atomic mass is 16.5. The quantitative estimate of drug-likeness (QED) is 0.867. The summed E-state index contributed by atoms with van der Waals surface area (Å²) in [6, 6.07) is 9.88. The number of hydrogen-bond acceptors (Lipinski definition) is 5. The summed E-state index contributed by atoms with van der Waals surface area (Å²) in [5.41, 5.74) is 2.17. The molecule has 2 aromatic rings. The minimum absolute atomic E-state index is 0.0781. The molecule has 0 saturated carbocycles. The number of benzene rings is 1. The number of nitrogens with one attached hydrogen (secondary N) is 1. The average molecular weight is 272 g/mol. The standard InChI is InChI=1S/C15H16N2O3/c1-2-19-15(18)14-12-11(20-17-14)8-9-16-13(12)10-6-4-3-5-7-10/h3-7,13,16H,2,8-9H2,1H3. The fourth-order valence-electron chi connectivity index (χ4n) is 2.52. The molecule has 0 radical (unpaired) electrons. The number of carbonyl (C=O) groups excluding carboxylic acids is 1. The van der Waals surface area contributed by atoms with Crippen molar-refractivity contribution in [1.29, 1.82) is 0 Å². The molecule has 20 heavy (non-hydrogen) atoms. The first-order valence-electron chi connectivity index (χ1n) is 6.75. The molecule has 0 fully saturated rings. The van der Waals surface area contributed by atoms with Crippen LogP contribution in [0.1, 0.15) is 40.3 Å². The molecule has 0 bridgehead atoms. The van der Waals surface area contributed by atoms with Crippen LogP contribution in [0.3, 0.4) is 0 Å². The minimum atomic E-state index is -0.429. The van der Waals surface area contributed by atoms with Gasteiger partial charge in [0.15, 0.2) is 5.69 Å². The molecule has 3 rings (SSSR count). The van der Waals surface area contributed by atoms with Gasteiger partial charge in [-0.15, -0.1) is 0 Å². The van der Waals surface area contributed by atoms with Gasteiger partial charge in [-0.05, 0) is 12.5 Å². The van der Waals surface area contributed by atoms with E-state index in [0.717, 1.165) is 29.9 Å². The van der Waals surface area contributed by atoms with Crippen molar-refractivity contribution in [2.45, 2.75) is 19.4 Å². The third-order valence-electron chi connectivity index (χ3n) is 3.39. The van der Waals surface area contributed by atoms with Gasteiger partial charge >= 0.3 is 5.97 Å². The number of rotatable bonds is 3. The molecule has 0 spiro atoms. The van der Waals surface area contributed by atoms with Crippen molar-refractivity contribution in [2.75, 3.05) is 13.2 Å². The summed E-state index contributed by atoms with van der Waals surface area (Å²) in [7, 11) is 0. The molecule has 1 aromatic heterocycles. The Kier molecular flexibility index (Phi) is 3.52. The van der Waals surface area contributed by atoms with Crippen molar-refractivity contribution >= 4 is 5.97 Å². The third-order valence-corrected chi connectivity index (χ3v) is 3.39. The first-order chi connectivity index (χ1) is 9.81. The monoisotopic (exact) mass is 272 g/mol. The maximum Gasteiger partial charge on any atom is 0.360 e. The largest absolute Gasteiger partial charge is 0.461 e. The summed E-state index contributed by atoms with van der Waals surface area (Å²) in [5.74, 6) is 0.336. The van der Waals surface area contributed by atoms with E-state index >= 15 is 0 Å². The van der Waals surface area contributed by atoms with Crippen LogP contribution in [0.4, 0.5) is 0 Å². The van der Waals surface area contributed by atoms with Gasteiger partial charge in [-0.2, -0.15) is 0 Å². The van der Waals surface area contributed by atoms with Gasteiger partial charge < -0.3 is 14.6 Å². The number of aromatic nitrogens is 1. The van der Waals surface area contributed by atoms with E-state index in [2.05, 4.69) is 10.5 Å². The Morgan fingerprint density at radius 3 is 3.00 bits per heavy atom. The number of hydrogen-bond donors (Lipinski definition) is 1. The molecule has 1 N–H and O–H groups in total. The van der Waals surface area contributed by atoms with Crippen molar-refractivity contribution in [3.8, 4) is 0 Å². The zero-order chi connectivity index (χ0) is 13.9. The summed E-state index contributed by atoms with van der Waals surface area (Å²) in [6.07, 6.45) is 0.727. The Labute approximate surface area is 116 Å². The Morgan fingerprint density at radius 1 is 1.45 bits per heavy atom. The third kappa shape index (κ3) is 2.20. The zero-order valence-corrected chi connectivity index (χ0v) is 11.3. The van der Waals surface area contributed by atoms with E-state index in [0.29, 0.717) is 6.61 Å². The van der Waals surface area contributed by atoms with Gasteiger partial charge in [-0.25, -0.2) is 4.79 Å². The van der Waals surface area contributed by atoms with Crippen molar-refractivity contribution in [1.82, 2.24) is 10.5 Å². The molecule has 1 aromatic carbocycles. The van der Waals surface area contributed by atoms with Crippen LogP contribution in [0.5, 0.6) is 0 Å². The highest BCUT2D eigenvalue weighted by molar-refractivity contribution is 5.89. The minimum Gasteiger partial charge on any atom is -0.461 e. The number of fused-ring (bicyclic) bond motifs is 1. The smallest absolute Gasteiger partial charge is 0.360 e. The summed E-state index contributed by atoms with van der Waals surface area (Å²) < 4.78 is 10.4. The summed E-state index contributed by atoms with van der Waals surface area (Å²) in [6.45, 7) is 2.89. The van der Waals surface area contributed by atoms with Crippen LogP contribution in [-0.2, 0) is 11.2 Å². The predicted molar refractivity (Wildman–Crippen MR) is 72.5 cm³/mol. The van der Waals surface area contributed by atoms with Crippen LogP contribution in [-0.4, -0.2) is 24.3 Å². The van der Waals surface area contributed by atoms with E-state index in [-0.39, 0.29) is 11.7 Å². The lowest BCUT2D eigenvalue weighted by molar-refractivity contribution is 0.0513. The highest BCUT2D eigenvalue weighted by Gasteiger charge is 2.32. The second kappa shape index (κ2) is 5.46. The molecule has 0 saturated heterocycles. The Bertz CT molecular complexity index is 607. The summed E-state index contributed by atoms with van der Waals surface area (Å²) in [5, 5.41) is 7.31. The van der Waals surface area contributed by atoms with Crippen LogP contribution in [0.2, 0.25) is 0 Å². The van der Waals surface area contributed by atoms with Crippen LogP contribution in [0, 0.1) is 0 Å². The van der Waals surface area contributed by atoms with Crippen LogP contribution in [0.25, 0.3) is 0 Å². The maximum absolute atomic E-state index is 12.0. The fraction of sp³-hybridized carbons (Fsp3) is 0.333. The molecule has 5 nitrogen and oxygen atoms in total. The molecule has 104 valence electrons. The molecule has 1 aliphatic heterocycles. The molecule has 1 aliphatic rings. The van der Waals surface area contributed by atoms with Gasteiger partial charge in [0, 0.05) is 13.0 Å². The molecule has 1 unspecified atom stereocenters. The topological polar surface area (TPSA) is 64.4 Å². The normalized spacial score (nSPS) is 17.6. The lowest BCUT2D eigenvalue weighted by Crippen LogP contribution is -2.31. The average Bonchev–Trinajstić information content (AvgIpc) is 2.92. The summed E-state index contributed by atoms with van der Waals surface area (Å²) >= 11 is 0. The Balaban J connectivity index is 2.03. The second-order valence-electron chi connectivity index (χ2n) is 4.64. The number of nitrogens with zero attached hydrogens (tertiary/aromatic N) is 1. The maximum atomic E-state index is 12.0. The van der Waals surface area contributed by atoms with Crippen molar-refractivity contribution in [3.63, 3.8) is 0 Å². The lowest BCUT2D eigenvalue weighted by Gasteiger charge is -2.23. The van der Waals surface area contributed by atoms with E-state index in [9.17, 15) is 4.79 Å². The van der Waals surface area contributed by atoms with Gasteiger partial charge in [0.05, 0.1) is 18.2 Å². The van der Waals surface area contributed by atoms with Gasteiger partial charge in [0.25, 0.3) is 0 Å². The fourth-order valence-corrected chi connectivity index (χ4v) is 2.52. The van der Waals surface area contributed by atoms with Crippen molar-refractivity contribution in [3.05, 3.63) is 52.9 Å². The van der Waals surface area contributed by atoms with Crippen LogP contribution >= 0.6 is 0 Å². The van der Waals surface area contributed by atoms with E-state index in [1.165, 1.54) is 0 Å². The molecule has 0 aliphatic carbocycles. The van der Waals surface area contributed by atoms with Gasteiger partial charge in [0.1, 0.15) is 5.76 Å². The van der Waals surface area contributed by atoms with Gasteiger partial charge in [-0.1, -0.05) is 35.5 Å². The molecule has 0 amide bonds. The predicted octanol–water partition coefficient (Wildman–Crippen LogP) is 2.09. The molecular weight excluding hydrogens is 256 g/mol. The highest BCUT2D eigenvalue weighted by Crippen LogP contribution is 2.31. The lowest BCUT2D eigenvalue weighted by atomic mass is 9.93. The molecular formula is C15H16N2O3. The molecule has 1 atom stereocenters. The van der Waals surface area contributed by atoms with Crippen LogP contribution < -0.4 is 5.32 Å². The van der Waals surface area contributed by atoms with E-state index in [4.69, 9.17) is 9.26 Å². The van der Waals surface area contributed by atoms with Crippen LogP contribution in [0.15, 0.2) is 34.9 Å². The first-order valence-corrected chi connectivity index (χ1v) is 6.75. The molecule has 5 heteroatoms. The number of ether oxygens (including phenoxy) is 1. The van der Waals surface area contributed by atoms with Crippen molar-refractivity contribution in [2.24, 2.45) is 0 Å². The van der Waals surface area contributed by atoms with Gasteiger partial charge in [-0.3, -0.25) is 0 Å². The van der Waals surface area contributed by atoms with Gasteiger partial charge in [0.2, 0.25) is 0 Å². The van der Waals surface area contributed by atoms with E-state index in [1.54, 1.807) is 6.92 Å². The zero-order valence-electron chi connectivity index (χ0n) is 11.3. The Morgan fingerprint density at radius 2 is 2.25 bits per heavy atom. The first kappa shape index (κ1) is 12.9. The number of carbonyl (C=O) groups is 1.